The molecule has 3 rings (SSSR count). The molecule has 0 fully saturated rings. The van der Waals surface area contributed by atoms with Gasteiger partial charge in [-0.1, -0.05) is 0 Å². The maximum Gasteiger partial charge on any atom is 0.0998 e. The Kier molecular flexibility index (Phi) is 1.48. The van der Waals surface area contributed by atoms with Gasteiger partial charge < -0.3 is 0 Å². The topological polar surface area (TPSA) is 54.0 Å². The molecule has 0 bridgehead atoms. The van der Waals surface area contributed by atoms with Crippen molar-refractivity contribution in [2.24, 2.45) is 0 Å². The molecule has 3 aromatic rings. The average molecular weight is 194 g/mol. The quantitative estimate of drug-likeness (QED) is 0.547. The molecule has 0 aliphatic carbocycles. The molecule has 4 nitrogen and oxygen atoms in total. The third-order valence-corrected chi connectivity index (χ3v) is 2.37. The van der Waals surface area contributed by atoms with Gasteiger partial charge in [0.05, 0.1) is 46.9 Å². The molecule has 2 aromatic heterocycles. The Morgan fingerprint density at radius 3 is 3.07 bits per heavy atom. The molecule has 0 amide bonds. The normalized spacial score (nSPS) is 10.6. The summed E-state index contributed by atoms with van der Waals surface area (Å²) in [5.41, 5.74) is 3.34. The molecule has 0 saturated carbocycles. The maximum atomic E-state index is 8.77. The summed E-state index contributed by atoms with van der Waals surface area (Å²) >= 11 is 0. The largest absolute Gasteiger partial charge is 0.296 e. The van der Waals surface area contributed by atoms with Crippen LogP contribution in [0, 0.1) is 11.3 Å². The predicted molar refractivity (Wildman–Crippen MR) is 55.2 cm³/mol. The van der Waals surface area contributed by atoms with Crippen LogP contribution >= 0.6 is 0 Å². The first-order valence-electron chi connectivity index (χ1n) is 4.49. The molecule has 0 aliphatic heterocycles. The van der Waals surface area contributed by atoms with Crippen LogP contribution in [0.4, 0.5) is 0 Å². The fourth-order valence-corrected chi connectivity index (χ4v) is 1.64. The number of nitrogens with zero attached hydrogens (tertiary/aromatic N) is 4. The summed E-state index contributed by atoms with van der Waals surface area (Å²) in [6.45, 7) is 0. The van der Waals surface area contributed by atoms with Crippen LogP contribution in [0.2, 0.25) is 0 Å². The van der Waals surface area contributed by atoms with E-state index in [0.717, 1.165) is 16.6 Å². The van der Waals surface area contributed by atoms with Crippen molar-refractivity contribution in [1.82, 2.24) is 14.4 Å². The molecule has 0 atom stereocenters. The number of benzene rings is 1. The van der Waals surface area contributed by atoms with E-state index in [0.29, 0.717) is 5.56 Å². The number of nitriles is 1. The molecule has 0 aliphatic rings. The molecule has 70 valence electrons. The molecular weight excluding hydrogens is 188 g/mol. The Bertz CT molecular complexity index is 690. The van der Waals surface area contributed by atoms with Crippen LogP contribution in [0.1, 0.15) is 5.56 Å². The van der Waals surface area contributed by atoms with Gasteiger partial charge >= 0.3 is 0 Å². The summed E-state index contributed by atoms with van der Waals surface area (Å²) in [6.07, 6.45) is 5.24. The minimum absolute atomic E-state index is 0.620. The second kappa shape index (κ2) is 2.79. The van der Waals surface area contributed by atoms with Crippen molar-refractivity contribution in [3.63, 3.8) is 0 Å². The van der Waals surface area contributed by atoms with Crippen molar-refractivity contribution in [3.05, 3.63) is 42.5 Å². The van der Waals surface area contributed by atoms with Crippen LogP contribution in [0.3, 0.4) is 0 Å². The molecule has 4 heteroatoms. The minimum Gasteiger partial charge on any atom is -0.296 e. The van der Waals surface area contributed by atoms with Crippen molar-refractivity contribution < 1.29 is 0 Å². The van der Waals surface area contributed by atoms with E-state index in [1.54, 1.807) is 30.9 Å². The van der Waals surface area contributed by atoms with E-state index < -0.39 is 0 Å². The molecule has 2 heterocycles. The zero-order valence-electron chi connectivity index (χ0n) is 7.75. The molecule has 15 heavy (non-hydrogen) atoms. The van der Waals surface area contributed by atoms with Gasteiger partial charge in [-0.15, -0.1) is 0 Å². The zero-order valence-corrected chi connectivity index (χ0v) is 7.75. The monoisotopic (exact) mass is 194 g/mol. The standard InChI is InChI=1S/C11H6N4/c12-4-8-1-2-11-10(3-8)14-6-9-5-13-7-15(9)11/h1-3,5-7H. The smallest absolute Gasteiger partial charge is 0.0998 e. The van der Waals surface area contributed by atoms with Gasteiger partial charge in [-0.2, -0.15) is 5.26 Å². The number of fused-ring (bicyclic) bond motifs is 3. The second-order valence-corrected chi connectivity index (χ2v) is 3.26. The molecule has 0 saturated heterocycles. The molecule has 0 unspecified atom stereocenters. The highest BCUT2D eigenvalue weighted by Crippen LogP contribution is 2.15. The third kappa shape index (κ3) is 1.07. The van der Waals surface area contributed by atoms with Crippen LogP contribution in [0.25, 0.3) is 16.6 Å². The second-order valence-electron chi connectivity index (χ2n) is 3.26. The van der Waals surface area contributed by atoms with E-state index >= 15 is 0 Å². The van der Waals surface area contributed by atoms with Crippen molar-refractivity contribution >= 4 is 16.6 Å². The molecule has 1 aromatic carbocycles. The fourth-order valence-electron chi connectivity index (χ4n) is 1.64. The van der Waals surface area contributed by atoms with Crippen molar-refractivity contribution in [2.45, 2.75) is 0 Å². The maximum absolute atomic E-state index is 8.77. The SMILES string of the molecule is N#Cc1ccc2c(c1)ncc1cncn12. The zero-order chi connectivity index (χ0) is 10.3. The van der Waals surface area contributed by atoms with Gasteiger partial charge in [0.15, 0.2) is 0 Å². The van der Waals surface area contributed by atoms with E-state index in [1.165, 1.54) is 0 Å². The van der Waals surface area contributed by atoms with Crippen LogP contribution in [-0.2, 0) is 0 Å². The lowest BCUT2D eigenvalue weighted by atomic mass is 10.2. The Labute approximate surface area is 85.4 Å². The third-order valence-electron chi connectivity index (χ3n) is 2.37. The molecule has 0 N–H and O–H groups in total. The molecular formula is C11H6N4. The number of hydrogen-bond acceptors (Lipinski definition) is 3. The lowest BCUT2D eigenvalue weighted by molar-refractivity contribution is 1.19. The summed E-state index contributed by atoms with van der Waals surface area (Å²) < 4.78 is 1.95. The van der Waals surface area contributed by atoms with Gasteiger partial charge in [0.1, 0.15) is 0 Å². The highest BCUT2D eigenvalue weighted by atomic mass is 15.0. The van der Waals surface area contributed by atoms with Gasteiger partial charge in [0.25, 0.3) is 0 Å². The Morgan fingerprint density at radius 2 is 2.20 bits per heavy atom. The first kappa shape index (κ1) is 7.94. The minimum atomic E-state index is 0.620. The Morgan fingerprint density at radius 1 is 1.27 bits per heavy atom. The van der Waals surface area contributed by atoms with Gasteiger partial charge in [-0.3, -0.25) is 9.38 Å². The van der Waals surface area contributed by atoms with Crippen LogP contribution < -0.4 is 0 Å². The number of rotatable bonds is 0. The predicted octanol–water partition coefficient (Wildman–Crippen LogP) is 1.75. The van der Waals surface area contributed by atoms with E-state index in [2.05, 4.69) is 16.0 Å². The first-order chi connectivity index (χ1) is 7.38. The van der Waals surface area contributed by atoms with Crippen molar-refractivity contribution in [3.8, 4) is 6.07 Å². The highest BCUT2D eigenvalue weighted by Gasteiger charge is 2.01. The van der Waals surface area contributed by atoms with Gasteiger partial charge in [0.2, 0.25) is 0 Å². The molecule has 0 radical (unpaired) electrons. The van der Waals surface area contributed by atoms with Gasteiger partial charge in [-0.05, 0) is 18.2 Å². The summed E-state index contributed by atoms with van der Waals surface area (Å²) in [7, 11) is 0. The highest BCUT2D eigenvalue weighted by molar-refractivity contribution is 5.79. The van der Waals surface area contributed by atoms with E-state index in [9.17, 15) is 0 Å². The first-order valence-corrected chi connectivity index (χ1v) is 4.49. The Hall–Kier alpha value is -2.41. The van der Waals surface area contributed by atoms with Crippen LogP contribution in [0.5, 0.6) is 0 Å². The lowest BCUT2D eigenvalue weighted by Gasteiger charge is -2.00. The molecule has 0 spiro atoms. The number of aromatic nitrogens is 3. The summed E-state index contributed by atoms with van der Waals surface area (Å²) in [4.78, 5) is 8.33. The lowest BCUT2D eigenvalue weighted by Crippen LogP contribution is -1.89. The Balaban J connectivity index is 2.50. The number of imidazole rings is 1. The summed E-state index contributed by atoms with van der Waals surface area (Å²) in [5.74, 6) is 0. The van der Waals surface area contributed by atoms with Gasteiger partial charge in [0, 0.05) is 0 Å². The fraction of sp³-hybridized carbons (Fsp3) is 0. The summed E-state index contributed by atoms with van der Waals surface area (Å²) in [5, 5.41) is 8.77. The van der Waals surface area contributed by atoms with E-state index in [4.69, 9.17) is 5.26 Å². The van der Waals surface area contributed by atoms with Crippen molar-refractivity contribution in [2.75, 3.05) is 0 Å². The van der Waals surface area contributed by atoms with Crippen molar-refractivity contribution in [1.29, 1.82) is 5.26 Å². The average Bonchev–Trinajstić information content (AvgIpc) is 2.76. The van der Waals surface area contributed by atoms with Crippen LogP contribution in [-0.4, -0.2) is 14.4 Å². The summed E-state index contributed by atoms with van der Waals surface area (Å²) in [6, 6.07) is 7.53. The van der Waals surface area contributed by atoms with E-state index in [1.807, 2.05) is 10.5 Å². The number of hydrogen-bond donors (Lipinski definition) is 0. The van der Waals surface area contributed by atoms with Gasteiger partial charge in [-0.25, -0.2) is 4.98 Å². The van der Waals surface area contributed by atoms with E-state index in [-0.39, 0.29) is 0 Å². The van der Waals surface area contributed by atoms with Crippen LogP contribution in [0.15, 0.2) is 36.9 Å².